The molecule has 1 fully saturated rings. The molecule has 0 spiro atoms. The summed E-state index contributed by atoms with van der Waals surface area (Å²) < 4.78 is 0. The van der Waals surface area contributed by atoms with Crippen LogP contribution in [0.2, 0.25) is 0 Å². The Bertz CT molecular complexity index is 385. The molecule has 3 heteroatoms. The lowest BCUT2D eigenvalue weighted by Crippen LogP contribution is -2.40. The fraction of sp³-hybridized carbons (Fsp3) is 0.688. The van der Waals surface area contributed by atoms with E-state index in [-0.39, 0.29) is 0 Å². The number of nitrogens with zero attached hydrogens (tertiary/aromatic N) is 2. The maximum absolute atomic E-state index is 6.05. The number of rotatable bonds is 3. The molecule has 1 aromatic heterocycles. The molecule has 1 saturated heterocycles. The van der Waals surface area contributed by atoms with Gasteiger partial charge in [-0.2, -0.15) is 0 Å². The van der Waals surface area contributed by atoms with Crippen molar-refractivity contribution in [1.82, 2.24) is 9.88 Å². The van der Waals surface area contributed by atoms with Crippen LogP contribution in [0.25, 0.3) is 0 Å². The van der Waals surface area contributed by atoms with Gasteiger partial charge in [-0.25, -0.2) is 0 Å². The zero-order valence-electron chi connectivity index (χ0n) is 12.5. The molecule has 2 heterocycles. The summed E-state index contributed by atoms with van der Waals surface area (Å²) in [6.07, 6.45) is 5.85. The molecule has 106 valence electrons. The van der Waals surface area contributed by atoms with Crippen molar-refractivity contribution in [3.8, 4) is 0 Å². The van der Waals surface area contributed by atoms with Gasteiger partial charge in [0.1, 0.15) is 0 Å². The van der Waals surface area contributed by atoms with Crippen LogP contribution < -0.4 is 5.73 Å². The lowest BCUT2D eigenvalue weighted by molar-refractivity contribution is 0.121. The molecule has 1 aromatic rings. The Morgan fingerprint density at radius 1 is 1.37 bits per heavy atom. The molecule has 2 rings (SSSR count). The molecule has 19 heavy (non-hydrogen) atoms. The topological polar surface area (TPSA) is 42.1 Å². The third-order valence-corrected chi connectivity index (χ3v) is 4.29. The second-order valence-electron chi connectivity index (χ2n) is 6.00. The van der Waals surface area contributed by atoms with Gasteiger partial charge in [0.2, 0.25) is 0 Å². The van der Waals surface area contributed by atoms with E-state index in [4.69, 9.17) is 5.73 Å². The van der Waals surface area contributed by atoms with E-state index < -0.39 is 0 Å². The maximum Gasteiger partial charge on any atom is 0.0406 e. The van der Waals surface area contributed by atoms with E-state index in [2.05, 4.69) is 35.9 Å². The highest BCUT2D eigenvalue weighted by molar-refractivity contribution is 5.19. The predicted molar refractivity (Wildman–Crippen MR) is 80.0 cm³/mol. The Hall–Kier alpha value is -0.930. The van der Waals surface area contributed by atoms with E-state index in [9.17, 15) is 0 Å². The van der Waals surface area contributed by atoms with Crippen LogP contribution in [-0.4, -0.2) is 29.0 Å². The van der Waals surface area contributed by atoms with Crippen molar-refractivity contribution >= 4 is 0 Å². The zero-order valence-corrected chi connectivity index (χ0v) is 12.5. The van der Waals surface area contributed by atoms with Crippen molar-refractivity contribution in [3.05, 3.63) is 29.6 Å². The van der Waals surface area contributed by atoms with Crippen molar-refractivity contribution < 1.29 is 0 Å². The van der Waals surface area contributed by atoms with Crippen molar-refractivity contribution in [2.24, 2.45) is 11.7 Å². The highest BCUT2D eigenvalue weighted by atomic mass is 15.2. The average molecular weight is 261 g/mol. The first-order valence-corrected chi connectivity index (χ1v) is 7.52. The standard InChI is InChI=1S/C16H27N3/c1-12(2)19-9-5-4-6-14(10-17)16(19)15-8-7-13(3)18-11-15/h7-8,11-12,14,16H,4-6,9-10,17H2,1-3H3. The Balaban J connectivity index is 2.34. The summed E-state index contributed by atoms with van der Waals surface area (Å²) in [6.45, 7) is 8.55. The first-order valence-electron chi connectivity index (χ1n) is 7.52. The van der Waals surface area contributed by atoms with Gasteiger partial charge in [0.25, 0.3) is 0 Å². The van der Waals surface area contributed by atoms with Gasteiger partial charge in [-0.15, -0.1) is 0 Å². The van der Waals surface area contributed by atoms with Crippen LogP contribution >= 0.6 is 0 Å². The van der Waals surface area contributed by atoms with E-state index in [1.165, 1.54) is 31.4 Å². The van der Waals surface area contributed by atoms with E-state index in [1.54, 1.807) is 0 Å². The van der Waals surface area contributed by atoms with Crippen LogP contribution in [0.3, 0.4) is 0 Å². The summed E-state index contributed by atoms with van der Waals surface area (Å²) in [4.78, 5) is 7.09. The van der Waals surface area contributed by atoms with Gasteiger partial charge in [0, 0.05) is 24.0 Å². The summed E-state index contributed by atoms with van der Waals surface area (Å²) in [5.74, 6) is 0.550. The van der Waals surface area contributed by atoms with Crippen LogP contribution in [0.15, 0.2) is 18.3 Å². The molecule has 0 amide bonds. The molecule has 0 bridgehead atoms. The molecular weight excluding hydrogens is 234 g/mol. The lowest BCUT2D eigenvalue weighted by Gasteiger charge is -2.37. The smallest absolute Gasteiger partial charge is 0.0406 e. The first kappa shape index (κ1) is 14.5. The number of aromatic nitrogens is 1. The molecule has 2 unspecified atom stereocenters. The zero-order chi connectivity index (χ0) is 13.8. The van der Waals surface area contributed by atoms with Crippen LogP contribution in [0.4, 0.5) is 0 Å². The molecule has 1 aliphatic heterocycles. The molecule has 3 nitrogen and oxygen atoms in total. The SMILES string of the molecule is Cc1ccc(C2C(CN)CCCCN2C(C)C)cn1. The molecule has 2 N–H and O–H groups in total. The van der Waals surface area contributed by atoms with Gasteiger partial charge in [-0.05, 0) is 64.3 Å². The van der Waals surface area contributed by atoms with E-state index in [0.29, 0.717) is 18.0 Å². The minimum atomic E-state index is 0.431. The monoisotopic (exact) mass is 261 g/mol. The van der Waals surface area contributed by atoms with Crippen LogP contribution in [0, 0.1) is 12.8 Å². The summed E-state index contributed by atoms with van der Waals surface area (Å²) >= 11 is 0. The predicted octanol–water partition coefficient (Wildman–Crippen LogP) is 2.90. The highest BCUT2D eigenvalue weighted by Crippen LogP contribution is 2.35. The fourth-order valence-corrected chi connectivity index (χ4v) is 3.21. The number of likely N-dealkylation sites (tertiary alicyclic amines) is 1. The number of hydrogen-bond donors (Lipinski definition) is 1. The van der Waals surface area contributed by atoms with E-state index >= 15 is 0 Å². The number of hydrogen-bond acceptors (Lipinski definition) is 3. The number of pyridine rings is 1. The van der Waals surface area contributed by atoms with Gasteiger partial charge in [0.15, 0.2) is 0 Å². The second-order valence-corrected chi connectivity index (χ2v) is 6.00. The summed E-state index contributed by atoms with van der Waals surface area (Å²) in [5.41, 5.74) is 8.46. The third kappa shape index (κ3) is 3.34. The Morgan fingerprint density at radius 3 is 2.74 bits per heavy atom. The number of nitrogens with two attached hydrogens (primary N) is 1. The Morgan fingerprint density at radius 2 is 2.16 bits per heavy atom. The third-order valence-electron chi connectivity index (χ3n) is 4.29. The molecule has 0 aliphatic carbocycles. The largest absolute Gasteiger partial charge is 0.330 e. The van der Waals surface area contributed by atoms with Crippen LogP contribution in [0.5, 0.6) is 0 Å². The highest BCUT2D eigenvalue weighted by Gasteiger charge is 2.31. The van der Waals surface area contributed by atoms with Crippen molar-refractivity contribution in [3.63, 3.8) is 0 Å². The maximum atomic E-state index is 6.05. The first-order chi connectivity index (χ1) is 9.13. The fourth-order valence-electron chi connectivity index (χ4n) is 3.21. The van der Waals surface area contributed by atoms with Gasteiger partial charge in [-0.3, -0.25) is 9.88 Å². The van der Waals surface area contributed by atoms with E-state index in [1.807, 2.05) is 13.1 Å². The van der Waals surface area contributed by atoms with Crippen LogP contribution in [0.1, 0.15) is 50.4 Å². The minimum Gasteiger partial charge on any atom is -0.330 e. The van der Waals surface area contributed by atoms with Crippen molar-refractivity contribution in [2.45, 2.75) is 52.1 Å². The quantitative estimate of drug-likeness (QED) is 0.909. The Labute approximate surface area is 117 Å². The minimum absolute atomic E-state index is 0.431. The molecule has 0 saturated carbocycles. The Kier molecular flexibility index (Phi) is 4.94. The van der Waals surface area contributed by atoms with Crippen molar-refractivity contribution in [1.29, 1.82) is 0 Å². The van der Waals surface area contributed by atoms with Crippen LogP contribution in [-0.2, 0) is 0 Å². The van der Waals surface area contributed by atoms with Gasteiger partial charge < -0.3 is 5.73 Å². The second kappa shape index (κ2) is 6.49. The molecular formula is C16H27N3. The molecule has 2 atom stereocenters. The van der Waals surface area contributed by atoms with Gasteiger partial charge in [-0.1, -0.05) is 12.5 Å². The molecule has 0 aromatic carbocycles. The van der Waals surface area contributed by atoms with Gasteiger partial charge >= 0.3 is 0 Å². The number of aryl methyl sites for hydroxylation is 1. The normalized spacial score (nSPS) is 25.5. The van der Waals surface area contributed by atoms with Crippen molar-refractivity contribution in [2.75, 3.05) is 13.1 Å². The summed E-state index contributed by atoms with van der Waals surface area (Å²) in [5, 5.41) is 0. The average Bonchev–Trinajstić information content (AvgIpc) is 2.61. The van der Waals surface area contributed by atoms with Gasteiger partial charge in [0.05, 0.1) is 0 Å². The molecule has 0 radical (unpaired) electrons. The van der Waals surface area contributed by atoms with E-state index in [0.717, 1.165) is 12.2 Å². The molecule has 1 aliphatic rings. The summed E-state index contributed by atoms with van der Waals surface area (Å²) in [7, 11) is 0. The summed E-state index contributed by atoms with van der Waals surface area (Å²) in [6, 6.07) is 5.34. The lowest BCUT2D eigenvalue weighted by atomic mass is 9.89.